The number of benzene rings is 2. The number of fused-ring (bicyclic) bond motifs is 1. The average molecular weight is 545 g/mol. The molecule has 0 radical (unpaired) electrons. The maximum Gasteiger partial charge on any atom is 0.270 e. The Kier molecular flexibility index (Phi) is 6.45. The number of aromatic nitrogens is 2. The van der Waals surface area contributed by atoms with Gasteiger partial charge in [0.2, 0.25) is 16.0 Å². The number of sulfonamides is 1. The van der Waals surface area contributed by atoms with Crippen LogP contribution in [0.1, 0.15) is 30.0 Å². The third-order valence-corrected chi connectivity index (χ3v) is 9.07. The predicted octanol–water partition coefficient (Wildman–Crippen LogP) is 2.87. The van der Waals surface area contributed by atoms with Gasteiger partial charge in [-0.25, -0.2) is 12.8 Å². The summed E-state index contributed by atoms with van der Waals surface area (Å²) in [6.45, 7) is 1.36. The Balaban J connectivity index is 1.37. The average Bonchev–Trinajstić information content (AvgIpc) is 3.12. The van der Waals surface area contributed by atoms with Gasteiger partial charge in [0.1, 0.15) is 10.7 Å². The maximum atomic E-state index is 15.0. The summed E-state index contributed by atoms with van der Waals surface area (Å²) in [5, 5.41) is 0. The Morgan fingerprint density at radius 1 is 1.16 bits per heavy atom. The molecule has 0 bridgehead atoms. The lowest BCUT2D eigenvalue weighted by molar-refractivity contribution is 0.186. The zero-order valence-corrected chi connectivity index (χ0v) is 22.2. The molecule has 5 N–H and O–H groups in total. The minimum Gasteiger partial charge on any atom is -0.382 e. The second-order valence-electron chi connectivity index (χ2n) is 9.79. The van der Waals surface area contributed by atoms with Gasteiger partial charge in [-0.3, -0.25) is 14.1 Å². The predicted molar refractivity (Wildman–Crippen MR) is 144 cm³/mol. The van der Waals surface area contributed by atoms with E-state index in [4.69, 9.17) is 11.5 Å². The van der Waals surface area contributed by atoms with E-state index in [0.29, 0.717) is 19.0 Å². The molecule has 196 valence electrons. The van der Waals surface area contributed by atoms with E-state index in [-0.39, 0.29) is 32.8 Å². The molecule has 1 aromatic heterocycles. The number of nitrogens with two attached hydrogens (primary N) is 2. The Morgan fingerprint density at radius 2 is 1.86 bits per heavy atom. The van der Waals surface area contributed by atoms with Crippen molar-refractivity contribution in [2.24, 2.45) is 18.2 Å². The topological polar surface area (TPSA) is 136 Å². The SMILES string of the molecule is Cn1c(N2CCC3(CC2)Cc2ccccc2[C@H]3N)nc(N)c(Sc2cccc(NS(C)(=O)=O)c2F)c1=O. The Hall–Kier alpha value is -3.09. The van der Waals surface area contributed by atoms with Crippen molar-refractivity contribution >= 4 is 39.2 Å². The number of hydrogen-bond donors (Lipinski definition) is 3. The fourth-order valence-corrected chi connectivity index (χ4v) is 6.90. The molecule has 1 spiro atoms. The summed E-state index contributed by atoms with van der Waals surface area (Å²) in [5.41, 5.74) is 14.8. The van der Waals surface area contributed by atoms with E-state index >= 15 is 0 Å². The highest BCUT2D eigenvalue weighted by molar-refractivity contribution is 7.99. The number of halogens is 1. The first kappa shape index (κ1) is 25.6. The Morgan fingerprint density at radius 3 is 2.54 bits per heavy atom. The molecule has 2 aliphatic rings. The van der Waals surface area contributed by atoms with Crippen LogP contribution in [0, 0.1) is 11.2 Å². The molecule has 1 saturated heterocycles. The van der Waals surface area contributed by atoms with Crippen molar-refractivity contribution in [3.63, 3.8) is 0 Å². The monoisotopic (exact) mass is 544 g/mol. The first-order valence-corrected chi connectivity index (χ1v) is 14.6. The van der Waals surface area contributed by atoms with Crippen LogP contribution in [0.4, 0.5) is 21.8 Å². The maximum absolute atomic E-state index is 15.0. The van der Waals surface area contributed by atoms with E-state index in [1.807, 2.05) is 17.0 Å². The van der Waals surface area contributed by atoms with Gasteiger partial charge in [0, 0.05) is 26.2 Å². The fourth-order valence-electron chi connectivity index (χ4n) is 5.40. The molecule has 1 atom stereocenters. The number of nitrogen functional groups attached to an aromatic ring is 1. The summed E-state index contributed by atoms with van der Waals surface area (Å²) in [6, 6.07) is 12.6. The highest BCUT2D eigenvalue weighted by Crippen LogP contribution is 2.51. The molecule has 12 heteroatoms. The number of hydrogen-bond acceptors (Lipinski definition) is 8. The van der Waals surface area contributed by atoms with Crippen molar-refractivity contribution < 1.29 is 12.8 Å². The van der Waals surface area contributed by atoms with E-state index in [1.165, 1.54) is 33.9 Å². The van der Waals surface area contributed by atoms with Crippen LogP contribution in [-0.4, -0.2) is 37.3 Å². The fraction of sp³-hybridized carbons (Fsp3) is 0.360. The molecule has 9 nitrogen and oxygen atoms in total. The second kappa shape index (κ2) is 9.34. The molecular formula is C25H29FN6O3S2. The van der Waals surface area contributed by atoms with Gasteiger partial charge in [0.15, 0.2) is 5.82 Å². The van der Waals surface area contributed by atoms with E-state index < -0.39 is 21.4 Å². The molecule has 1 aliphatic heterocycles. The molecule has 2 heterocycles. The normalized spacial score (nSPS) is 18.7. The van der Waals surface area contributed by atoms with Gasteiger partial charge in [0.25, 0.3) is 5.56 Å². The van der Waals surface area contributed by atoms with Gasteiger partial charge in [-0.2, -0.15) is 4.98 Å². The van der Waals surface area contributed by atoms with Crippen LogP contribution in [0.3, 0.4) is 0 Å². The highest BCUT2D eigenvalue weighted by atomic mass is 32.2. The number of nitrogens with zero attached hydrogens (tertiary/aromatic N) is 3. The number of piperidine rings is 1. The van der Waals surface area contributed by atoms with Crippen LogP contribution in [0.15, 0.2) is 57.1 Å². The molecule has 3 aromatic rings. The second-order valence-corrected chi connectivity index (χ2v) is 12.6. The van der Waals surface area contributed by atoms with Gasteiger partial charge in [-0.1, -0.05) is 42.1 Å². The zero-order chi connectivity index (χ0) is 26.5. The van der Waals surface area contributed by atoms with Crippen molar-refractivity contribution in [2.45, 2.75) is 35.1 Å². The molecular weight excluding hydrogens is 515 g/mol. The smallest absolute Gasteiger partial charge is 0.270 e. The van der Waals surface area contributed by atoms with Crippen molar-refractivity contribution in [2.75, 3.05) is 34.7 Å². The van der Waals surface area contributed by atoms with E-state index in [0.717, 1.165) is 37.3 Å². The number of anilines is 3. The van der Waals surface area contributed by atoms with Crippen LogP contribution in [0.25, 0.3) is 0 Å². The first-order valence-electron chi connectivity index (χ1n) is 11.9. The Labute approximate surface area is 219 Å². The minimum absolute atomic E-state index is 0.00534. The summed E-state index contributed by atoms with van der Waals surface area (Å²) in [7, 11) is -2.05. The van der Waals surface area contributed by atoms with Gasteiger partial charge < -0.3 is 16.4 Å². The summed E-state index contributed by atoms with van der Waals surface area (Å²) >= 11 is 0.820. The van der Waals surface area contributed by atoms with Crippen molar-refractivity contribution in [1.82, 2.24) is 9.55 Å². The molecule has 0 saturated carbocycles. The van der Waals surface area contributed by atoms with Gasteiger partial charge in [-0.15, -0.1) is 0 Å². The molecule has 0 amide bonds. The lowest BCUT2D eigenvalue weighted by Gasteiger charge is -2.42. The van der Waals surface area contributed by atoms with E-state index in [9.17, 15) is 17.6 Å². The molecule has 1 aliphatic carbocycles. The lowest BCUT2D eigenvalue weighted by atomic mass is 9.73. The van der Waals surface area contributed by atoms with Crippen LogP contribution in [-0.2, 0) is 23.5 Å². The van der Waals surface area contributed by atoms with Crippen LogP contribution >= 0.6 is 11.8 Å². The summed E-state index contributed by atoms with van der Waals surface area (Å²) < 4.78 is 41.6. The van der Waals surface area contributed by atoms with Crippen molar-refractivity contribution in [3.8, 4) is 0 Å². The quantitative estimate of drug-likeness (QED) is 0.446. The van der Waals surface area contributed by atoms with Gasteiger partial charge in [-0.05, 0) is 47.9 Å². The molecule has 0 unspecified atom stereocenters. The molecule has 1 fully saturated rings. The lowest BCUT2D eigenvalue weighted by Crippen LogP contribution is -2.46. The van der Waals surface area contributed by atoms with Crippen LogP contribution in [0.2, 0.25) is 0 Å². The third kappa shape index (κ3) is 4.69. The molecule has 37 heavy (non-hydrogen) atoms. The van der Waals surface area contributed by atoms with E-state index in [2.05, 4.69) is 21.8 Å². The van der Waals surface area contributed by atoms with Gasteiger partial charge in [0.05, 0.1) is 16.8 Å². The van der Waals surface area contributed by atoms with Crippen molar-refractivity contribution in [3.05, 3.63) is 69.8 Å². The Bertz CT molecular complexity index is 1530. The van der Waals surface area contributed by atoms with Crippen LogP contribution in [0.5, 0.6) is 0 Å². The summed E-state index contributed by atoms with van der Waals surface area (Å²) in [6.07, 6.45) is 3.60. The van der Waals surface area contributed by atoms with Gasteiger partial charge >= 0.3 is 0 Å². The molecule has 2 aromatic carbocycles. The first-order chi connectivity index (χ1) is 17.5. The largest absolute Gasteiger partial charge is 0.382 e. The zero-order valence-electron chi connectivity index (χ0n) is 20.6. The van der Waals surface area contributed by atoms with Crippen LogP contribution < -0.4 is 26.6 Å². The minimum atomic E-state index is -3.67. The number of nitrogens with one attached hydrogen (secondary N) is 1. The third-order valence-electron chi connectivity index (χ3n) is 7.36. The number of rotatable bonds is 5. The highest BCUT2D eigenvalue weighted by Gasteiger charge is 2.46. The van der Waals surface area contributed by atoms with E-state index in [1.54, 1.807) is 7.05 Å². The standard InChI is InChI=1S/C25H29FN6O3S2/c1-31-23(33)20(36-18-9-5-8-17(19(18)26)30-37(2,34)35)22(28)29-24(31)32-12-10-25(11-13-32)14-15-6-3-4-7-16(15)21(25)27/h3-9,21,30H,10-14,27-28H2,1-2H3/t21-/m1/s1. The van der Waals surface area contributed by atoms with Crippen molar-refractivity contribution in [1.29, 1.82) is 0 Å². The summed E-state index contributed by atoms with van der Waals surface area (Å²) in [4.78, 5) is 20.0. The summed E-state index contributed by atoms with van der Waals surface area (Å²) in [5.74, 6) is -0.341. The molecule has 5 rings (SSSR count).